The quantitative estimate of drug-likeness (QED) is 0.110. The van der Waals surface area contributed by atoms with E-state index < -0.39 is 6.04 Å². The predicted octanol–water partition coefficient (Wildman–Crippen LogP) is 8.45. The van der Waals surface area contributed by atoms with Gasteiger partial charge < -0.3 is 25.8 Å². The average Bonchev–Trinajstić information content (AvgIpc) is 3.45. The molecule has 264 valence electrons. The molecule has 1 aliphatic carbocycles. The second-order valence-corrected chi connectivity index (χ2v) is 13.5. The van der Waals surface area contributed by atoms with E-state index in [1.807, 2.05) is 79.7 Å². The van der Waals surface area contributed by atoms with E-state index in [1.165, 1.54) is 44.1 Å². The molecule has 4 N–H and O–H groups in total. The summed E-state index contributed by atoms with van der Waals surface area (Å²) in [5, 5.41) is 6.22. The molecule has 0 heterocycles. The van der Waals surface area contributed by atoms with Crippen LogP contribution in [0.2, 0.25) is 0 Å². The minimum absolute atomic E-state index is 0.205. The van der Waals surface area contributed by atoms with Gasteiger partial charge in [-0.1, -0.05) is 118 Å². The molecule has 50 heavy (non-hydrogen) atoms. The van der Waals surface area contributed by atoms with Crippen molar-refractivity contribution in [1.82, 2.24) is 10.6 Å². The Hall–Kier alpha value is -4.62. The molecule has 2 amide bonds. The van der Waals surface area contributed by atoms with E-state index in [0.717, 1.165) is 46.4 Å². The lowest BCUT2D eigenvalue weighted by Crippen LogP contribution is -2.49. The minimum Gasteiger partial charge on any atom is -0.497 e. The molecule has 3 atom stereocenters. The maximum atomic E-state index is 13.9. The number of nitrogens with two attached hydrogens (primary N) is 1. The molecule has 4 aromatic rings. The largest absolute Gasteiger partial charge is 0.497 e. The molecule has 0 saturated heterocycles. The van der Waals surface area contributed by atoms with Crippen molar-refractivity contribution >= 4 is 11.8 Å². The van der Waals surface area contributed by atoms with Gasteiger partial charge in [0.05, 0.1) is 19.2 Å². The summed E-state index contributed by atoms with van der Waals surface area (Å²) in [7, 11) is 1.65. The van der Waals surface area contributed by atoms with Gasteiger partial charge in [-0.2, -0.15) is 0 Å². The number of aryl methyl sites for hydroxylation is 1. The molecule has 7 nitrogen and oxygen atoms in total. The Morgan fingerprint density at radius 3 is 2.08 bits per heavy atom. The number of hydrogen-bond acceptors (Lipinski definition) is 5. The van der Waals surface area contributed by atoms with Gasteiger partial charge in [0.1, 0.15) is 17.5 Å². The van der Waals surface area contributed by atoms with Crippen molar-refractivity contribution in [2.45, 2.75) is 95.7 Å². The van der Waals surface area contributed by atoms with E-state index in [-0.39, 0.29) is 30.5 Å². The maximum Gasteiger partial charge on any atom is 0.258 e. The summed E-state index contributed by atoms with van der Waals surface area (Å²) in [6.45, 7) is 3.89. The Morgan fingerprint density at radius 2 is 1.44 bits per heavy atom. The molecule has 4 aromatic carbocycles. The van der Waals surface area contributed by atoms with Crippen LogP contribution in [0.3, 0.4) is 0 Å². The fraction of sp³-hybridized carbons (Fsp3) is 0.395. The zero-order chi connectivity index (χ0) is 35.3. The van der Waals surface area contributed by atoms with E-state index in [1.54, 1.807) is 7.11 Å². The third-order valence-corrected chi connectivity index (χ3v) is 9.94. The van der Waals surface area contributed by atoms with Gasteiger partial charge in [0, 0.05) is 0 Å². The van der Waals surface area contributed by atoms with Gasteiger partial charge >= 0.3 is 0 Å². The van der Waals surface area contributed by atoms with Gasteiger partial charge in [-0.25, -0.2) is 0 Å². The number of hydrogen-bond donors (Lipinski definition) is 3. The highest BCUT2D eigenvalue weighted by Gasteiger charge is 2.25. The topological polar surface area (TPSA) is 103 Å². The van der Waals surface area contributed by atoms with Gasteiger partial charge in [-0.3, -0.25) is 9.59 Å². The number of benzene rings is 4. The van der Waals surface area contributed by atoms with Crippen LogP contribution in [-0.2, 0) is 9.59 Å². The first-order valence-corrected chi connectivity index (χ1v) is 18.2. The van der Waals surface area contributed by atoms with Crippen molar-refractivity contribution in [3.05, 3.63) is 130 Å². The summed E-state index contributed by atoms with van der Waals surface area (Å²) in [5.41, 5.74) is 13.0. The highest BCUT2D eigenvalue weighted by molar-refractivity contribution is 5.88. The van der Waals surface area contributed by atoms with Crippen molar-refractivity contribution in [3.63, 3.8) is 0 Å². The third kappa shape index (κ3) is 9.97. The molecular weight excluding hydrogens is 622 g/mol. The van der Waals surface area contributed by atoms with Crippen molar-refractivity contribution in [3.8, 4) is 11.5 Å². The van der Waals surface area contributed by atoms with Gasteiger partial charge in [0.2, 0.25) is 5.91 Å². The standard InChI is InChI=1S/C43H53N3O4/c1-4-5-17-39(45-40(47)29-50-36-24-22-33(23-25-36)41(44)38-27-26-37(49-3)28-30(38)2)43(48)46-42(34-15-11-8-12-16-34)35-20-18-32(19-21-35)31-13-9-6-7-10-14-31/h8,11-12,15-16,18-28,31,39,41-42H,4-7,9-10,13-14,17,29,44H2,1-3H3,(H,45,47)(H,46,48). The molecule has 3 unspecified atom stereocenters. The normalized spacial score (nSPS) is 15.3. The van der Waals surface area contributed by atoms with Gasteiger partial charge in [0.15, 0.2) is 6.61 Å². The lowest BCUT2D eigenvalue weighted by atomic mass is 9.89. The van der Waals surface area contributed by atoms with Crippen LogP contribution in [0.25, 0.3) is 0 Å². The fourth-order valence-electron chi connectivity index (χ4n) is 6.96. The van der Waals surface area contributed by atoms with Crippen LogP contribution < -0.4 is 25.8 Å². The van der Waals surface area contributed by atoms with Crippen molar-refractivity contribution in [1.29, 1.82) is 0 Å². The van der Waals surface area contributed by atoms with E-state index in [2.05, 4.69) is 41.8 Å². The van der Waals surface area contributed by atoms with E-state index >= 15 is 0 Å². The second kappa shape index (κ2) is 18.4. The van der Waals surface area contributed by atoms with Crippen LogP contribution in [0.1, 0.15) is 116 Å². The monoisotopic (exact) mass is 675 g/mol. The van der Waals surface area contributed by atoms with Crippen molar-refractivity contribution in [2.75, 3.05) is 13.7 Å². The molecule has 0 spiro atoms. The SMILES string of the molecule is CCCCC(NC(=O)COc1ccc(C(N)c2ccc(OC)cc2C)cc1)C(=O)NC(c1ccccc1)c1ccc(C2CCCCCC2)cc1. The Balaban J connectivity index is 1.22. The molecule has 7 heteroatoms. The van der Waals surface area contributed by atoms with Crippen LogP contribution in [0.5, 0.6) is 11.5 Å². The summed E-state index contributed by atoms with van der Waals surface area (Å²) >= 11 is 0. The van der Waals surface area contributed by atoms with Gasteiger partial charge in [0.25, 0.3) is 5.91 Å². The third-order valence-electron chi connectivity index (χ3n) is 9.94. The van der Waals surface area contributed by atoms with Crippen molar-refractivity contribution in [2.24, 2.45) is 5.73 Å². The highest BCUT2D eigenvalue weighted by Crippen LogP contribution is 2.33. The molecule has 1 aliphatic rings. The molecule has 1 saturated carbocycles. The Kier molecular flexibility index (Phi) is 13.5. The van der Waals surface area contributed by atoms with Gasteiger partial charge in [-0.05, 0) is 89.8 Å². The van der Waals surface area contributed by atoms with Crippen LogP contribution in [-0.4, -0.2) is 31.6 Å². The van der Waals surface area contributed by atoms with E-state index in [4.69, 9.17) is 15.2 Å². The Bertz CT molecular complexity index is 1650. The van der Waals surface area contributed by atoms with E-state index in [9.17, 15) is 9.59 Å². The van der Waals surface area contributed by atoms with Crippen LogP contribution in [0.4, 0.5) is 0 Å². The number of amides is 2. The summed E-state index contributed by atoms with van der Waals surface area (Å²) in [6, 6.07) is 30.8. The first-order chi connectivity index (χ1) is 24.4. The highest BCUT2D eigenvalue weighted by atomic mass is 16.5. The Morgan fingerprint density at radius 1 is 0.800 bits per heavy atom. The fourth-order valence-corrected chi connectivity index (χ4v) is 6.96. The Labute approximate surface area is 298 Å². The minimum atomic E-state index is -0.685. The lowest BCUT2D eigenvalue weighted by Gasteiger charge is -2.25. The molecule has 1 fully saturated rings. The summed E-state index contributed by atoms with van der Waals surface area (Å²) < 4.78 is 11.2. The molecule has 0 bridgehead atoms. The first-order valence-electron chi connectivity index (χ1n) is 18.2. The molecule has 0 aliphatic heterocycles. The number of rotatable bonds is 15. The van der Waals surface area contributed by atoms with Crippen LogP contribution in [0.15, 0.2) is 97.1 Å². The molecule has 5 rings (SSSR count). The lowest BCUT2D eigenvalue weighted by molar-refractivity contribution is -0.130. The number of methoxy groups -OCH3 is 1. The van der Waals surface area contributed by atoms with Crippen LogP contribution in [0, 0.1) is 6.92 Å². The average molecular weight is 676 g/mol. The zero-order valence-corrected chi connectivity index (χ0v) is 29.8. The number of carbonyl (C=O) groups is 2. The number of carbonyl (C=O) groups excluding carboxylic acids is 2. The number of nitrogens with one attached hydrogen (secondary N) is 2. The first kappa shape index (κ1) is 36.7. The molecule has 0 aromatic heterocycles. The van der Waals surface area contributed by atoms with Crippen molar-refractivity contribution < 1.29 is 19.1 Å². The van der Waals surface area contributed by atoms with E-state index in [0.29, 0.717) is 18.1 Å². The molecular formula is C43H53N3O4. The van der Waals surface area contributed by atoms with Crippen LogP contribution >= 0.6 is 0 Å². The number of unbranched alkanes of at least 4 members (excludes halogenated alkanes) is 1. The smallest absolute Gasteiger partial charge is 0.258 e. The maximum absolute atomic E-state index is 13.9. The van der Waals surface area contributed by atoms with Gasteiger partial charge in [-0.15, -0.1) is 0 Å². The number of ether oxygens (including phenoxy) is 2. The zero-order valence-electron chi connectivity index (χ0n) is 29.8. The summed E-state index contributed by atoms with van der Waals surface area (Å²) in [4.78, 5) is 27.0. The summed E-state index contributed by atoms with van der Waals surface area (Å²) in [5.74, 6) is 1.39. The summed E-state index contributed by atoms with van der Waals surface area (Å²) in [6.07, 6.45) is 9.96. The molecule has 0 radical (unpaired) electrons. The predicted molar refractivity (Wildman–Crippen MR) is 200 cm³/mol. The second-order valence-electron chi connectivity index (χ2n) is 13.5.